The van der Waals surface area contributed by atoms with Gasteiger partial charge in [0.1, 0.15) is 5.75 Å². The summed E-state index contributed by atoms with van der Waals surface area (Å²) in [5.41, 5.74) is 3.53. The molecule has 1 atom stereocenters. The Morgan fingerprint density at radius 3 is 2.48 bits per heavy atom. The Kier molecular flexibility index (Phi) is 4.23. The van der Waals surface area contributed by atoms with E-state index in [9.17, 15) is 5.11 Å². The summed E-state index contributed by atoms with van der Waals surface area (Å²) < 4.78 is 5.36. The quantitative estimate of drug-likeness (QED) is 0.828. The van der Waals surface area contributed by atoms with Gasteiger partial charge in [-0.3, -0.25) is 4.90 Å². The van der Waals surface area contributed by atoms with Crippen LogP contribution in [-0.4, -0.2) is 29.3 Å². The predicted molar refractivity (Wildman–Crippen MR) is 83.1 cm³/mol. The van der Waals surface area contributed by atoms with E-state index in [1.807, 2.05) is 18.2 Å². The van der Waals surface area contributed by atoms with Crippen LogP contribution in [0.2, 0.25) is 0 Å². The first-order chi connectivity index (χ1) is 10.2. The summed E-state index contributed by atoms with van der Waals surface area (Å²) in [4.78, 5) is 2.33. The normalized spacial score (nSPS) is 17.1. The lowest BCUT2D eigenvalue weighted by Crippen LogP contribution is -2.27. The summed E-state index contributed by atoms with van der Waals surface area (Å²) in [6.45, 7) is 5.46. The van der Waals surface area contributed by atoms with Gasteiger partial charge < -0.3 is 9.84 Å². The molecule has 1 aliphatic heterocycles. The van der Waals surface area contributed by atoms with Gasteiger partial charge in [-0.15, -0.1) is 0 Å². The molecule has 0 aliphatic carbocycles. The molecule has 1 saturated heterocycles. The molecule has 110 valence electrons. The minimum atomic E-state index is 0.348. The third-order valence-corrected chi connectivity index (χ3v) is 3.78. The average Bonchev–Trinajstić information content (AvgIpc) is 3.28. The largest absolute Gasteiger partial charge is 0.508 e. The van der Waals surface area contributed by atoms with Gasteiger partial charge in [0.15, 0.2) is 0 Å². The van der Waals surface area contributed by atoms with E-state index in [2.05, 4.69) is 36.1 Å². The van der Waals surface area contributed by atoms with Crippen molar-refractivity contribution in [1.82, 2.24) is 4.90 Å². The van der Waals surface area contributed by atoms with Crippen LogP contribution in [0.3, 0.4) is 0 Å². The number of hydrogen-bond acceptors (Lipinski definition) is 3. The molecule has 0 saturated carbocycles. The molecule has 1 unspecified atom stereocenters. The van der Waals surface area contributed by atoms with Crippen molar-refractivity contribution < 1.29 is 9.84 Å². The summed E-state index contributed by atoms with van der Waals surface area (Å²) in [7, 11) is 0. The number of aromatic hydroxyl groups is 1. The Morgan fingerprint density at radius 1 is 1.10 bits per heavy atom. The summed E-state index contributed by atoms with van der Waals surface area (Å²) in [6, 6.07) is 16.2. The van der Waals surface area contributed by atoms with Gasteiger partial charge in [0, 0.05) is 25.2 Å². The maximum atomic E-state index is 9.95. The molecular weight excluding hydrogens is 262 g/mol. The Morgan fingerprint density at radius 2 is 1.81 bits per heavy atom. The van der Waals surface area contributed by atoms with E-state index in [-0.39, 0.29) is 0 Å². The Hall–Kier alpha value is -1.84. The fraction of sp³-hybridized carbons (Fsp3) is 0.333. The van der Waals surface area contributed by atoms with Crippen molar-refractivity contribution >= 4 is 0 Å². The third-order valence-electron chi connectivity index (χ3n) is 3.78. The molecule has 0 radical (unpaired) electrons. The minimum Gasteiger partial charge on any atom is -0.508 e. The number of ether oxygens (including phenoxy) is 1. The smallest absolute Gasteiger partial charge is 0.120 e. The van der Waals surface area contributed by atoms with Crippen LogP contribution in [0.4, 0.5) is 0 Å². The zero-order valence-corrected chi connectivity index (χ0v) is 12.3. The van der Waals surface area contributed by atoms with E-state index in [4.69, 9.17) is 4.74 Å². The lowest BCUT2D eigenvalue weighted by atomic mass is 10.1. The summed E-state index contributed by atoms with van der Waals surface area (Å²) in [5, 5.41) is 9.95. The van der Waals surface area contributed by atoms with E-state index in [0.717, 1.165) is 31.8 Å². The van der Waals surface area contributed by atoms with Crippen LogP contribution in [0.25, 0.3) is 0 Å². The molecule has 0 amide bonds. The molecule has 2 aromatic rings. The van der Waals surface area contributed by atoms with E-state index in [1.165, 1.54) is 11.1 Å². The highest BCUT2D eigenvalue weighted by Gasteiger charge is 2.25. The molecule has 0 aromatic heterocycles. The maximum Gasteiger partial charge on any atom is 0.120 e. The second-order valence-corrected chi connectivity index (χ2v) is 5.74. The topological polar surface area (TPSA) is 36.0 Å². The molecule has 0 spiro atoms. The van der Waals surface area contributed by atoms with Crippen molar-refractivity contribution in [3.05, 3.63) is 65.2 Å². The van der Waals surface area contributed by atoms with Crippen LogP contribution in [0.5, 0.6) is 5.75 Å². The number of aryl methyl sites for hydroxylation is 1. The average molecular weight is 283 g/mol. The number of phenolic OH excluding ortho intramolecular Hbond substituents is 1. The number of epoxide rings is 1. The fourth-order valence-corrected chi connectivity index (χ4v) is 2.48. The summed E-state index contributed by atoms with van der Waals surface area (Å²) in [5.74, 6) is 0.364. The van der Waals surface area contributed by atoms with Crippen molar-refractivity contribution in [2.45, 2.75) is 26.1 Å². The maximum absolute atomic E-state index is 9.95. The molecule has 3 rings (SSSR count). The van der Waals surface area contributed by atoms with E-state index >= 15 is 0 Å². The van der Waals surface area contributed by atoms with Crippen molar-refractivity contribution in [3.63, 3.8) is 0 Å². The van der Waals surface area contributed by atoms with E-state index < -0.39 is 0 Å². The Bertz CT molecular complexity index is 590. The molecule has 0 bridgehead atoms. The van der Waals surface area contributed by atoms with Gasteiger partial charge in [-0.2, -0.15) is 0 Å². The van der Waals surface area contributed by atoms with Crippen LogP contribution in [0, 0.1) is 6.92 Å². The number of rotatable bonds is 6. The van der Waals surface area contributed by atoms with Crippen molar-refractivity contribution in [1.29, 1.82) is 0 Å². The molecule has 1 heterocycles. The van der Waals surface area contributed by atoms with Crippen LogP contribution in [0.1, 0.15) is 16.7 Å². The first-order valence-corrected chi connectivity index (χ1v) is 7.37. The monoisotopic (exact) mass is 283 g/mol. The predicted octanol–water partition coefficient (Wildman–Crippen LogP) is 3.10. The van der Waals surface area contributed by atoms with Crippen LogP contribution >= 0.6 is 0 Å². The van der Waals surface area contributed by atoms with Crippen LogP contribution in [-0.2, 0) is 17.8 Å². The first kappa shape index (κ1) is 14.1. The summed E-state index contributed by atoms with van der Waals surface area (Å²) >= 11 is 0. The first-order valence-electron chi connectivity index (χ1n) is 7.37. The van der Waals surface area contributed by atoms with Crippen molar-refractivity contribution in [2.24, 2.45) is 0 Å². The fourth-order valence-electron chi connectivity index (χ4n) is 2.48. The highest BCUT2D eigenvalue weighted by Crippen LogP contribution is 2.21. The standard InChI is InChI=1S/C18H21NO2/c1-14-6-8-15(9-7-14)10-19(12-17-13-21-17)11-16-4-2-3-5-18(16)20/h2-9,17,20H,10-13H2,1H3. The van der Waals surface area contributed by atoms with Gasteiger partial charge in [-0.05, 0) is 18.6 Å². The highest BCUT2D eigenvalue weighted by molar-refractivity contribution is 5.31. The lowest BCUT2D eigenvalue weighted by molar-refractivity contribution is 0.224. The van der Waals surface area contributed by atoms with E-state index in [0.29, 0.717) is 11.9 Å². The SMILES string of the molecule is Cc1ccc(CN(Cc2ccccc2O)CC2CO2)cc1. The molecule has 3 heteroatoms. The number of benzene rings is 2. The van der Waals surface area contributed by atoms with Gasteiger partial charge in [0.25, 0.3) is 0 Å². The molecule has 1 N–H and O–H groups in total. The second-order valence-electron chi connectivity index (χ2n) is 5.74. The Labute approximate surface area is 125 Å². The minimum absolute atomic E-state index is 0.348. The molecule has 2 aromatic carbocycles. The zero-order chi connectivity index (χ0) is 14.7. The lowest BCUT2D eigenvalue weighted by Gasteiger charge is -2.22. The molecular formula is C18H21NO2. The zero-order valence-electron chi connectivity index (χ0n) is 12.3. The third kappa shape index (κ3) is 4.06. The van der Waals surface area contributed by atoms with Gasteiger partial charge in [-0.25, -0.2) is 0 Å². The van der Waals surface area contributed by atoms with Crippen LogP contribution in [0.15, 0.2) is 48.5 Å². The Balaban J connectivity index is 1.71. The van der Waals surface area contributed by atoms with Crippen molar-refractivity contribution in [2.75, 3.05) is 13.2 Å². The van der Waals surface area contributed by atoms with Crippen molar-refractivity contribution in [3.8, 4) is 5.75 Å². The second kappa shape index (κ2) is 6.29. The molecule has 21 heavy (non-hydrogen) atoms. The van der Waals surface area contributed by atoms with Gasteiger partial charge >= 0.3 is 0 Å². The molecule has 1 aliphatic rings. The van der Waals surface area contributed by atoms with Gasteiger partial charge in [-0.1, -0.05) is 48.0 Å². The number of phenols is 1. The van der Waals surface area contributed by atoms with Gasteiger partial charge in [0.2, 0.25) is 0 Å². The van der Waals surface area contributed by atoms with Crippen LogP contribution < -0.4 is 0 Å². The van der Waals surface area contributed by atoms with Gasteiger partial charge in [0.05, 0.1) is 12.7 Å². The summed E-state index contributed by atoms with van der Waals surface area (Å²) in [6.07, 6.45) is 0.348. The molecule has 3 nitrogen and oxygen atoms in total. The number of nitrogens with zero attached hydrogens (tertiary/aromatic N) is 1. The number of hydrogen-bond donors (Lipinski definition) is 1. The molecule has 1 fully saturated rings. The number of para-hydroxylation sites is 1. The highest BCUT2D eigenvalue weighted by atomic mass is 16.6. The van der Waals surface area contributed by atoms with E-state index in [1.54, 1.807) is 6.07 Å².